The molecule has 1 aromatic carbocycles. The summed E-state index contributed by atoms with van der Waals surface area (Å²) in [4.78, 5) is 6.05. The molecule has 190 valence electrons. The maximum atomic E-state index is 14.9. The number of H-pyrrole nitrogens is 1. The Morgan fingerprint density at radius 2 is 1.86 bits per heavy atom. The molecular weight excluding hydrogens is 530 g/mol. The van der Waals surface area contributed by atoms with E-state index in [1.54, 1.807) is 23.9 Å². The average molecular weight is 553 g/mol. The van der Waals surface area contributed by atoms with Crippen LogP contribution in [0, 0.1) is 5.82 Å². The van der Waals surface area contributed by atoms with Gasteiger partial charge in [0.25, 0.3) is 0 Å². The second-order valence-electron chi connectivity index (χ2n) is 8.66. The van der Waals surface area contributed by atoms with Gasteiger partial charge in [-0.15, -0.1) is 0 Å². The maximum Gasteiger partial charge on any atom is 0.152 e. The van der Waals surface area contributed by atoms with Gasteiger partial charge in [0.1, 0.15) is 23.1 Å². The van der Waals surface area contributed by atoms with Crippen LogP contribution in [0.5, 0.6) is 5.75 Å². The van der Waals surface area contributed by atoms with Crippen LogP contribution in [0.2, 0.25) is 10.0 Å². The Balaban J connectivity index is 1.34. The number of nitrogens with one attached hydrogen (secondary N) is 1. The molecular formula is C23H23Cl2FN6O3S. The lowest BCUT2D eigenvalue weighted by Gasteiger charge is -2.26. The van der Waals surface area contributed by atoms with Crippen molar-refractivity contribution in [1.29, 1.82) is 0 Å². The first-order valence-corrected chi connectivity index (χ1v) is 13.9. The van der Waals surface area contributed by atoms with E-state index < -0.39 is 21.8 Å². The topological polar surface area (TPSA) is 106 Å². The first kappa shape index (κ1) is 24.9. The Morgan fingerprint density at radius 1 is 1.14 bits per heavy atom. The van der Waals surface area contributed by atoms with Crippen LogP contribution in [0.25, 0.3) is 22.2 Å². The zero-order chi connectivity index (χ0) is 25.4. The third-order valence-electron chi connectivity index (χ3n) is 6.20. The molecule has 0 aliphatic carbocycles. The van der Waals surface area contributed by atoms with Crippen molar-refractivity contribution >= 4 is 43.9 Å². The summed E-state index contributed by atoms with van der Waals surface area (Å²) < 4.78 is 45.9. The van der Waals surface area contributed by atoms with Crippen LogP contribution in [0.4, 0.5) is 4.39 Å². The van der Waals surface area contributed by atoms with Gasteiger partial charge in [-0.2, -0.15) is 10.2 Å². The van der Waals surface area contributed by atoms with Crippen molar-refractivity contribution in [1.82, 2.24) is 29.9 Å². The second kappa shape index (κ2) is 9.97. The number of sulfone groups is 1. The van der Waals surface area contributed by atoms with E-state index in [4.69, 9.17) is 27.9 Å². The fourth-order valence-corrected chi connectivity index (χ4v) is 6.19. The van der Waals surface area contributed by atoms with E-state index in [2.05, 4.69) is 25.2 Å². The van der Waals surface area contributed by atoms with Gasteiger partial charge in [-0.1, -0.05) is 23.2 Å². The van der Waals surface area contributed by atoms with Gasteiger partial charge in [-0.05, 0) is 13.0 Å². The molecule has 4 aromatic rings. The first-order valence-electron chi connectivity index (χ1n) is 11.3. The number of fused-ring (bicyclic) bond motifs is 1. The molecule has 1 saturated heterocycles. The van der Waals surface area contributed by atoms with Gasteiger partial charge in [0, 0.05) is 60.8 Å². The Bertz CT molecular complexity index is 1490. The minimum absolute atomic E-state index is 0.185. The van der Waals surface area contributed by atoms with E-state index in [9.17, 15) is 12.8 Å². The average Bonchev–Trinajstić information content (AvgIpc) is 3.45. The molecule has 13 heteroatoms. The van der Waals surface area contributed by atoms with Crippen molar-refractivity contribution < 1.29 is 17.5 Å². The molecule has 4 heterocycles. The number of ether oxygens (including phenoxy) is 1. The highest BCUT2D eigenvalue weighted by Crippen LogP contribution is 2.35. The summed E-state index contributed by atoms with van der Waals surface area (Å²) >= 11 is 12.5. The Kier molecular flexibility index (Phi) is 6.90. The van der Waals surface area contributed by atoms with Crippen LogP contribution in [-0.2, 0) is 16.4 Å². The Hall–Kier alpha value is -2.73. The summed E-state index contributed by atoms with van der Waals surface area (Å²) in [5, 5.41) is 12.7. The third kappa shape index (κ3) is 5.19. The lowest BCUT2D eigenvalue weighted by atomic mass is 10.1. The molecule has 1 aliphatic rings. The van der Waals surface area contributed by atoms with E-state index in [0.717, 1.165) is 0 Å². The van der Waals surface area contributed by atoms with Gasteiger partial charge < -0.3 is 4.74 Å². The van der Waals surface area contributed by atoms with Gasteiger partial charge in [-0.25, -0.2) is 12.8 Å². The zero-order valence-corrected chi connectivity index (χ0v) is 21.6. The molecule has 0 bridgehead atoms. The smallest absolute Gasteiger partial charge is 0.152 e. The monoisotopic (exact) mass is 552 g/mol. The van der Waals surface area contributed by atoms with E-state index in [-0.39, 0.29) is 17.0 Å². The van der Waals surface area contributed by atoms with Crippen molar-refractivity contribution in [2.75, 3.05) is 31.1 Å². The fraction of sp³-hybridized carbons (Fsp3) is 0.348. The molecule has 3 aromatic heterocycles. The largest absolute Gasteiger partial charge is 0.486 e. The summed E-state index contributed by atoms with van der Waals surface area (Å²) in [6.07, 6.45) is 5.91. The van der Waals surface area contributed by atoms with Crippen LogP contribution in [0.3, 0.4) is 0 Å². The summed E-state index contributed by atoms with van der Waals surface area (Å²) in [6, 6.07) is 2.99. The molecule has 0 saturated carbocycles. The predicted molar refractivity (Wildman–Crippen MR) is 136 cm³/mol. The zero-order valence-electron chi connectivity index (χ0n) is 19.3. The lowest BCUT2D eigenvalue weighted by Crippen LogP contribution is -2.41. The van der Waals surface area contributed by atoms with Crippen molar-refractivity contribution in [3.05, 3.63) is 58.3 Å². The standard InChI is InChI=1S/C23H23Cl2FN6O3S/c1-14(21-18(24)11-27-12-19(21)25)35-16-8-17-22(29-30-23(17)20(26)9-16)15-10-28-32(13-15)3-2-31-4-6-36(33,34)7-5-31/h8-14H,2-7H2,1H3,(H,29,30)/t14-/m1/s1. The second-order valence-corrected chi connectivity index (χ2v) is 11.8. The molecule has 1 atom stereocenters. The van der Waals surface area contributed by atoms with Crippen molar-refractivity contribution in [3.8, 4) is 17.0 Å². The fourth-order valence-electron chi connectivity index (χ4n) is 4.24. The number of hydrogen-bond donors (Lipinski definition) is 1. The van der Waals surface area contributed by atoms with Crippen molar-refractivity contribution in [2.45, 2.75) is 19.6 Å². The molecule has 0 radical (unpaired) electrons. The summed E-state index contributed by atoms with van der Waals surface area (Å²) in [6.45, 7) is 4.10. The maximum absolute atomic E-state index is 14.9. The van der Waals surface area contributed by atoms with Crippen LogP contribution in [0.15, 0.2) is 36.9 Å². The Labute approximate surface area is 217 Å². The minimum atomic E-state index is -2.91. The third-order valence-corrected chi connectivity index (χ3v) is 8.41. The molecule has 36 heavy (non-hydrogen) atoms. The van der Waals surface area contributed by atoms with Gasteiger partial charge in [0.2, 0.25) is 0 Å². The number of hydrogen-bond acceptors (Lipinski definition) is 7. The molecule has 0 unspecified atom stereocenters. The number of aromatic amines is 1. The summed E-state index contributed by atoms with van der Waals surface area (Å²) in [5.41, 5.74) is 2.07. The number of halogens is 3. The molecule has 5 rings (SSSR count). The first-order chi connectivity index (χ1) is 17.2. The van der Waals surface area contributed by atoms with E-state index in [0.29, 0.717) is 64.2 Å². The molecule has 1 N–H and O–H groups in total. The molecule has 9 nitrogen and oxygen atoms in total. The Morgan fingerprint density at radius 3 is 2.58 bits per heavy atom. The van der Waals surface area contributed by atoms with Crippen LogP contribution >= 0.6 is 23.2 Å². The van der Waals surface area contributed by atoms with E-state index >= 15 is 0 Å². The summed E-state index contributed by atoms with van der Waals surface area (Å²) in [5.74, 6) is 0.162. The van der Waals surface area contributed by atoms with Gasteiger partial charge in [-0.3, -0.25) is 19.7 Å². The van der Waals surface area contributed by atoms with E-state index in [1.165, 1.54) is 18.5 Å². The molecule has 0 spiro atoms. The lowest BCUT2D eigenvalue weighted by molar-refractivity contribution is 0.226. The number of aromatic nitrogens is 5. The molecule has 0 amide bonds. The highest BCUT2D eigenvalue weighted by Gasteiger charge is 2.22. The number of pyridine rings is 1. The van der Waals surface area contributed by atoms with Crippen LogP contribution < -0.4 is 4.74 Å². The van der Waals surface area contributed by atoms with Crippen molar-refractivity contribution in [3.63, 3.8) is 0 Å². The number of nitrogens with zero attached hydrogens (tertiary/aromatic N) is 5. The predicted octanol–water partition coefficient (Wildman–Crippen LogP) is 4.14. The minimum Gasteiger partial charge on any atom is -0.486 e. The van der Waals surface area contributed by atoms with Crippen molar-refractivity contribution in [2.24, 2.45) is 0 Å². The van der Waals surface area contributed by atoms with Gasteiger partial charge >= 0.3 is 0 Å². The number of benzene rings is 1. The normalized spacial score (nSPS) is 16.9. The quantitative estimate of drug-likeness (QED) is 0.367. The number of rotatable bonds is 7. The highest BCUT2D eigenvalue weighted by atomic mass is 35.5. The highest BCUT2D eigenvalue weighted by molar-refractivity contribution is 7.91. The summed E-state index contributed by atoms with van der Waals surface area (Å²) in [7, 11) is -2.91. The van der Waals surface area contributed by atoms with E-state index in [1.807, 2.05) is 6.20 Å². The molecule has 1 fully saturated rings. The van der Waals surface area contributed by atoms with Gasteiger partial charge in [0.15, 0.2) is 15.7 Å². The van der Waals surface area contributed by atoms with Gasteiger partial charge in [0.05, 0.1) is 34.3 Å². The molecule has 1 aliphatic heterocycles. The van der Waals surface area contributed by atoms with Crippen LogP contribution in [0.1, 0.15) is 18.6 Å². The SMILES string of the molecule is C[C@@H](Oc1cc(F)c2[nH]nc(-c3cnn(CCN4CCS(=O)(=O)CC4)c3)c2c1)c1c(Cl)cncc1Cl. The van der Waals surface area contributed by atoms with Crippen LogP contribution in [-0.4, -0.2) is 69.4 Å².